The number of nitrogens with one attached hydrogen (secondary N) is 1. The molecule has 0 atom stereocenters. The SMILES string of the molecule is Cc1cccnc1CC(=O)NCc1cc(C(=O)O)c(C)o1. The maximum atomic E-state index is 11.9. The fraction of sp³-hybridized carbons (Fsp3) is 0.267. The van der Waals surface area contributed by atoms with Gasteiger partial charge in [-0.05, 0) is 31.5 Å². The van der Waals surface area contributed by atoms with Crippen molar-refractivity contribution in [1.29, 1.82) is 0 Å². The predicted molar refractivity (Wildman–Crippen MR) is 74.9 cm³/mol. The van der Waals surface area contributed by atoms with Crippen molar-refractivity contribution in [2.24, 2.45) is 0 Å². The number of furan rings is 1. The lowest BCUT2D eigenvalue weighted by atomic mass is 10.1. The number of hydrogen-bond acceptors (Lipinski definition) is 4. The van der Waals surface area contributed by atoms with E-state index in [1.807, 2.05) is 19.1 Å². The maximum absolute atomic E-state index is 11.9. The minimum Gasteiger partial charge on any atom is -0.478 e. The summed E-state index contributed by atoms with van der Waals surface area (Å²) >= 11 is 0. The van der Waals surface area contributed by atoms with E-state index < -0.39 is 5.97 Å². The summed E-state index contributed by atoms with van der Waals surface area (Å²) < 4.78 is 5.29. The molecule has 2 aromatic rings. The monoisotopic (exact) mass is 288 g/mol. The lowest BCUT2D eigenvalue weighted by Crippen LogP contribution is -2.25. The van der Waals surface area contributed by atoms with E-state index in [0.29, 0.717) is 11.5 Å². The summed E-state index contributed by atoms with van der Waals surface area (Å²) in [6.45, 7) is 3.62. The van der Waals surface area contributed by atoms with Crippen LogP contribution in [0.25, 0.3) is 0 Å². The average Bonchev–Trinajstić information content (AvgIpc) is 2.80. The first-order valence-electron chi connectivity index (χ1n) is 6.47. The number of carboxylic acids is 1. The fourth-order valence-electron chi connectivity index (χ4n) is 1.95. The van der Waals surface area contributed by atoms with Gasteiger partial charge in [-0.2, -0.15) is 0 Å². The molecule has 0 aliphatic carbocycles. The van der Waals surface area contributed by atoms with E-state index in [0.717, 1.165) is 11.3 Å². The molecule has 0 unspecified atom stereocenters. The Morgan fingerprint density at radius 1 is 1.38 bits per heavy atom. The molecule has 0 aromatic carbocycles. The molecule has 110 valence electrons. The topological polar surface area (TPSA) is 92.4 Å². The highest BCUT2D eigenvalue weighted by atomic mass is 16.4. The van der Waals surface area contributed by atoms with Crippen molar-refractivity contribution < 1.29 is 19.1 Å². The molecule has 6 heteroatoms. The normalized spacial score (nSPS) is 10.4. The lowest BCUT2D eigenvalue weighted by molar-refractivity contribution is -0.120. The van der Waals surface area contributed by atoms with Gasteiger partial charge < -0.3 is 14.8 Å². The molecule has 2 heterocycles. The third kappa shape index (κ3) is 3.68. The van der Waals surface area contributed by atoms with Crippen molar-refractivity contribution in [3.8, 4) is 0 Å². The van der Waals surface area contributed by atoms with Gasteiger partial charge in [0.25, 0.3) is 0 Å². The third-order valence-electron chi connectivity index (χ3n) is 3.10. The van der Waals surface area contributed by atoms with Gasteiger partial charge >= 0.3 is 5.97 Å². The summed E-state index contributed by atoms with van der Waals surface area (Å²) in [5.41, 5.74) is 1.78. The van der Waals surface area contributed by atoms with E-state index in [1.165, 1.54) is 6.07 Å². The quantitative estimate of drug-likeness (QED) is 0.876. The van der Waals surface area contributed by atoms with Crippen LogP contribution in [0.3, 0.4) is 0 Å². The number of aryl methyl sites for hydroxylation is 2. The van der Waals surface area contributed by atoms with Crippen LogP contribution in [-0.4, -0.2) is 22.0 Å². The van der Waals surface area contributed by atoms with Gasteiger partial charge in [-0.3, -0.25) is 9.78 Å². The van der Waals surface area contributed by atoms with Gasteiger partial charge in [0.15, 0.2) is 0 Å². The molecule has 0 fully saturated rings. The van der Waals surface area contributed by atoms with E-state index in [1.54, 1.807) is 13.1 Å². The maximum Gasteiger partial charge on any atom is 0.339 e. The van der Waals surface area contributed by atoms with Gasteiger partial charge in [-0.15, -0.1) is 0 Å². The van der Waals surface area contributed by atoms with Crippen LogP contribution in [0.5, 0.6) is 0 Å². The molecule has 0 saturated heterocycles. The highest BCUT2D eigenvalue weighted by molar-refractivity contribution is 5.88. The molecule has 0 saturated carbocycles. The van der Waals surface area contributed by atoms with Gasteiger partial charge in [0.05, 0.1) is 18.7 Å². The number of carbonyl (C=O) groups is 2. The molecule has 0 bridgehead atoms. The summed E-state index contributed by atoms with van der Waals surface area (Å²) in [4.78, 5) is 26.9. The number of aromatic carboxylic acids is 1. The zero-order valence-corrected chi connectivity index (χ0v) is 11.8. The smallest absolute Gasteiger partial charge is 0.339 e. The summed E-state index contributed by atoms with van der Waals surface area (Å²) in [5.74, 6) is -0.496. The van der Waals surface area contributed by atoms with Gasteiger partial charge in [-0.1, -0.05) is 6.07 Å². The van der Waals surface area contributed by atoms with Crippen molar-refractivity contribution in [1.82, 2.24) is 10.3 Å². The molecule has 2 N–H and O–H groups in total. The number of hydrogen-bond donors (Lipinski definition) is 2. The van der Waals surface area contributed by atoms with Crippen LogP contribution < -0.4 is 5.32 Å². The van der Waals surface area contributed by atoms with E-state index in [2.05, 4.69) is 10.3 Å². The van der Waals surface area contributed by atoms with Crippen LogP contribution in [0.1, 0.15) is 33.1 Å². The number of carbonyl (C=O) groups excluding carboxylic acids is 1. The largest absolute Gasteiger partial charge is 0.478 e. The minimum atomic E-state index is -1.04. The molecule has 21 heavy (non-hydrogen) atoms. The number of amides is 1. The second kappa shape index (κ2) is 6.21. The summed E-state index contributed by atoms with van der Waals surface area (Å²) in [6.07, 6.45) is 1.82. The van der Waals surface area contributed by atoms with Gasteiger partial charge in [0.2, 0.25) is 5.91 Å². The zero-order valence-electron chi connectivity index (χ0n) is 11.8. The Labute approximate surface area is 121 Å². The number of rotatable bonds is 5. The minimum absolute atomic E-state index is 0.111. The van der Waals surface area contributed by atoms with E-state index in [4.69, 9.17) is 9.52 Å². The molecule has 1 amide bonds. The second-order valence-corrected chi connectivity index (χ2v) is 4.71. The van der Waals surface area contributed by atoms with Crippen molar-refractivity contribution in [3.05, 3.63) is 52.7 Å². The van der Waals surface area contributed by atoms with Gasteiger partial charge in [0.1, 0.15) is 17.1 Å². The predicted octanol–water partition coefficient (Wildman–Crippen LogP) is 1.85. The van der Waals surface area contributed by atoms with Crippen molar-refractivity contribution in [3.63, 3.8) is 0 Å². The number of pyridine rings is 1. The highest BCUT2D eigenvalue weighted by Crippen LogP contribution is 2.14. The Kier molecular flexibility index (Phi) is 4.37. The van der Waals surface area contributed by atoms with Gasteiger partial charge in [-0.25, -0.2) is 4.79 Å². The second-order valence-electron chi connectivity index (χ2n) is 4.71. The molecule has 6 nitrogen and oxygen atoms in total. The van der Waals surface area contributed by atoms with E-state index in [9.17, 15) is 9.59 Å². The van der Waals surface area contributed by atoms with Crippen LogP contribution >= 0.6 is 0 Å². The van der Waals surface area contributed by atoms with Crippen molar-refractivity contribution in [2.75, 3.05) is 0 Å². The molecule has 0 radical (unpaired) electrons. The van der Waals surface area contributed by atoms with Crippen LogP contribution in [0.15, 0.2) is 28.8 Å². The highest BCUT2D eigenvalue weighted by Gasteiger charge is 2.14. The standard InChI is InChI=1S/C15H16N2O4/c1-9-4-3-5-16-13(9)7-14(18)17-8-11-6-12(15(19)20)10(2)21-11/h3-6H,7-8H2,1-2H3,(H,17,18)(H,19,20). The first-order chi connectivity index (χ1) is 9.97. The van der Waals surface area contributed by atoms with E-state index >= 15 is 0 Å². The molecule has 2 aromatic heterocycles. The number of aromatic nitrogens is 1. The van der Waals surface area contributed by atoms with Crippen LogP contribution in [-0.2, 0) is 17.8 Å². The Morgan fingerprint density at radius 2 is 2.14 bits per heavy atom. The molecular weight excluding hydrogens is 272 g/mol. The average molecular weight is 288 g/mol. The van der Waals surface area contributed by atoms with Crippen LogP contribution in [0.2, 0.25) is 0 Å². The summed E-state index contributed by atoms with van der Waals surface area (Å²) in [6, 6.07) is 5.13. The summed E-state index contributed by atoms with van der Waals surface area (Å²) in [7, 11) is 0. The molecule has 0 aliphatic heterocycles. The Hall–Kier alpha value is -2.63. The van der Waals surface area contributed by atoms with Crippen LogP contribution in [0.4, 0.5) is 0 Å². The molecular formula is C15H16N2O4. The molecule has 0 spiro atoms. The van der Waals surface area contributed by atoms with Gasteiger partial charge in [0, 0.05) is 6.20 Å². The van der Waals surface area contributed by atoms with Crippen LogP contribution in [0, 0.1) is 13.8 Å². The zero-order chi connectivity index (χ0) is 15.4. The Morgan fingerprint density at radius 3 is 2.76 bits per heavy atom. The summed E-state index contributed by atoms with van der Waals surface area (Å²) in [5, 5.41) is 11.6. The fourth-order valence-corrected chi connectivity index (χ4v) is 1.95. The van der Waals surface area contributed by atoms with E-state index in [-0.39, 0.29) is 24.4 Å². The lowest BCUT2D eigenvalue weighted by Gasteiger charge is -2.05. The number of carboxylic acid groups (broad SMARTS) is 1. The first kappa shape index (κ1) is 14.8. The van der Waals surface area contributed by atoms with Crippen molar-refractivity contribution >= 4 is 11.9 Å². The Bertz CT molecular complexity index is 676. The first-order valence-corrected chi connectivity index (χ1v) is 6.47. The molecule has 0 aliphatic rings. The third-order valence-corrected chi connectivity index (χ3v) is 3.10. The van der Waals surface area contributed by atoms with Crippen molar-refractivity contribution in [2.45, 2.75) is 26.8 Å². The molecule has 2 rings (SSSR count). The number of nitrogens with zero attached hydrogens (tertiary/aromatic N) is 1. The Balaban J connectivity index is 1.94.